The van der Waals surface area contributed by atoms with Crippen molar-refractivity contribution in [1.82, 2.24) is 10.3 Å². The average Bonchev–Trinajstić information content (AvgIpc) is 2.84. The Labute approximate surface area is 114 Å². The number of nitrogens with zero attached hydrogens (tertiary/aromatic N) is 1. The summed E-state index contributed by atoms with van der Waals surface area (Å²) >= 11 is 0. The van der Waals surface area contributed by atoms with E-state index in [0.717, 1.165) is 6.07 Å². The molecule has 0 radical (unpaired) electrons. The molecular weight excluding hydrogens is 269 g/mol. The number of rotatable bonds is 4. The van der Waals surface area contributed by atoms with Crippen molar-refractivity contribution in [2.24, 2.45) is 0 Å². The van der Waals surface area contributed by atoms with E-state index < -0.39 is 11.7 Å². The van der Waals surface area contributed by atoms with Crippen LogP contribution in [0.4, 0.5) is 13.2 Å². The molecule has 108 valence electrons. The highest BCUT2D eigenvalue weighted by atomic mass is 19.4. The maximum absolute atomic E-state index is 12.9. The number of hydrogen-bond acceptors (Lipinski definition) is 3. The van der Waals surface area contributed by atoms with Gasteiger partial charge in [0.25, 0.3) is 0 Å². The average molecular weight is 284 g/mol. The summed E-state index contributed by atoms with van der Waals surface area (Å²) in [7, 11) is 0. The first-order valence-electron chi connectivity index (χ1n) is 6.22. The second kappa shape index (κ2) is 5.66. The van der Waals surface area contributed by atoms with Gasteiger partial charge in [0, 0.05) is 11.6 Å². The topological polar surface area (TPSA) is 38.1 Å². The molecule has 1 N–H and O–H groups in total. The van der Waals surface area contributed by atoms with Gasteiger partial charge in [-0.15, -0.1) is 0 Å². The van der Waals surface area contributed by atoms with Gasteiger partial charge in [-0.3, -0.25) is 0 Å². The molecule has 0 bridgehead atoms. The summed E-state index contributed by atoms with van der Waals surface area (Å²) in [5.41, 5.74) is -0.720. The molecule has 1 heterocycles. The number of hydrogen-bond donors (Lipinski definition) is 1. The van der Waals surface area contributed by atoms with E-state index in [0.29, 0.717) is 12.4 Å². The Morgan fingerprint density at radius 2 is 1.95 bits per heavy atom. The smallest absolute Gasteiger partial charge is 0.417 e. The molecule has 0 aliphatic heterocycles. The van der Waals surface area contributed by atoms with E-state index >= 15 is 0 Å². The summed E-state index contributed by atoms with van der Waals surface area (Å²) in [6.45, 7) is 4.30. The van der Waals surface area contributed by atoms with Crippen LogP contribution in [0.5, 0.6) is 0 Å². The molecule has 0 aliphatic rings. The first-order chi connectivity index (χ1) is 9.38. The zero-order valence-electron chi connectivity index (χ0n) is 11.2. The molecular formula is C14H15F3N2O. The molecule has 0 amide bonds. The molecule has 0 aliphatic carbocycles. The Bertz CT molecular complexity index is 576. The molecule has 6 heteroatoms. The van der Waals surface area contributed by atoms with Crippen LogP contribution in [0.3, 0.4) is 0 Å². The van der Waals surface area contributed by atoms with Crippen LogP contribution in [0.2, 0.25) is 0 Å². The zero-order chi connectivity index (χ0) is 14.8. The molecule has 0 saturated heterocycles. The second-order valence-electron chi connectivity index (χ2n) is 4.70. The van der Waals surface area contributed by atoms with Gasteiger partial charge >= 0.3 is 6.18 Å². The number of aromatic nitrogens is 1. The predicted octanol–water partition coefficient (Wildman–Crippen LogP) is 3.86. The van der Waals surface area contributed by atoms with Crippen LogP contribution in [0.25, 0.3) is 11.3 Å². The van der Waals surface area contributed by atoms with Crippen LogP contribution in [-0.4, -0.2) is 11.0 Å². The van der Waals surface area contributed by atoms with Gasteiger partial charge < -0.3 is 9.73 Å². The third kappa shape index (κ3) is 3.39. The van der Waals surface area contributed by atoms with Crippen molar-refractivity contribution >= 4 is 0 Å². The largest absolute Gasteiger partial charge is 0.439 e. The van der Waals surface area contributed by atoms with Gasteiger partial charge in [0.05, 0.1) is 18.3 Å². The van der Waals surface area contributed by atoms with Gasteiger partial charge in [-0.25, -0.2) is 4.98 Å². The van der Waals surface area contributed by atoms with Gasteiger partial charge in [-0.1, -0.05) is 32.0 Å². The van der Waals surface area contributed by atoms with Crippen molar-refractivity contribution in [2.75, 3.05) is 0 Å². The van der Waals surface area contributed by atoms with Gasteiger partial charge in [0.2, 0.25) is 5.89 Å². The monoisotopic (exact) mass is 284 g/mol. The number of oxazole rings is 1. The fraction of sp³-hybridized carbons (Fsp3) is 0.357. The van der Waals surface area contributed by atoms with Crippen molar-refractivity contribution in [2.45, 2.75) is 32.6 Å². The lowest BCUT2D eigenvalue weighted by atomic mass is 10.1. The lowest BCUT2D eigenvalue weighted by Crippen LogP contribution is -2.21. The van der Waals surface area contributed by atoms with E-state index in [2.05, 4.69) is 10.3 Å². The highest BCUT2D eigenvalue weighted by molar-refractivity contribution is 5.62. The zero-order valence-corrected chi connectivity index (χ0v) is 11.2. The molecule has 2 aromatic rings. The van der Waals surface area contributed by atoms with Crippen molar-refractivity contribution < 1.29 is 17.6 Å². The first kappa shape index (κ1) is 14.6. The van der Waals surface area contributed by atoms with Crippen molar-refractivity contribution in [3.63, 3.8) is 0 Å². The Morgan fingerprint density at radius 1 is 1.25 bits per heavy atom. The third-order valence-corrected chi connectivity index (χ3v) is 2.71. The summed E-state index contributed by atoms with van der Waals surface area (Å²) in [5, 5.41) is 3.09. The van der Waals surface area contributed by atoms with Crippen molar-refractivity contribution in [3.8, 4) is 11.3 Å². The van der Waals surface area contributed by atoms with Crippen molar-refractivity contribution in [3.05, 3.63) is 41.9 Å². The molecule has 2 rings (SSSR count). The van der Waals surface area contributed by atoms with Crippen LogP contribution >= 0.6 is 0 Å². The molecule has 0 unspecified atom stereocenters. The summed E-state index contributed by atoms with van der Waals surface area (Å²) in [6, 6.07) is 5.54. The number of nitrogens with one attached hydrogen (secondary N) is 1. The molecule has 0 atom stereocenters. The predicted molar refractivity (Wildman–Crippen MR) is 68.9 cm³/mol. The molecule has 0 spiro atoms. The van der Waals surface area contributed by atoms with E-state index in [1.807, 2.05) is 13.8 Å². The highest BCUT2D eigenvalue weighted by Crippen LogP contribution is 2.36. The number of halogens is 3. The summed E-state index contributed by atoms with van der Waals surface area (Å²) in [4.78, 5) is 3.99. The molecule has 1 aromatic heterocycles. The summed E-state index contributed by atoms with van der Waals surface area (Å²) in [5.74, 6) is 0.490. The molecule has 3 nitrogen and oxygen atoms in total. The molecule has 0 saturated carbocycles. The number of benzene rings is 1. The molecule has 0 fully saturated rings. The molecule has 20 heavy (non-hydrogen) atoms. The van der Waals surface area contributed by atoms with Crippen molar-refractivity contribution in [1.29, 1.82) is 0 Å². The lowest BCUT2D eigenvalue weighted by Gasteiger charge is -2.10. The van der Waals surface area contributed by atoms with Gasteiger partial charge in [0.15, 0.2) is 5.76 Å². The van der Waals surface area contributed by atoms with Crippen LogP contribution in [0.1, 0.15) is 25.3 Å². The maximum atomic E-state index is 12.9. The van der Waals surface area contributed by atoms with Gasteiger partial charge in [-0.2, -0.15) is 13.2 Å². The Hall–Kier alpha value is -1.82. The van der Waals surface area contributed by atoms with E-state index in [1.165, 1.54) is 18.3 Å². The minimum atomic E-state index is -4.42. The lowest BCUT2D eigenvalue weighted by molar-refractivity contribution is -0.137. The Morgan fingerprint density at radius 3 is 2.60 bits per heavy atom. The number of alkyl halides is 3. The van der Waals surface area contributed by atoms with Crippen LogP contribution in [0, 0.1) is 0 Å². The fourth-order valence-corrected chi connectivity index (χ4v) is 1.75. The van der Waals surface area contributed by atoms with Crippen LogP contribution < -0.4 is 5.32 Å². The summed E-state index contributed by atoms with van der Waals surface area (Å²) in [6.07, 6.45) is -3.10. The SMILES string of the molecule is CC(C)NCc1ncc(-c2ccccc2C(F)(F)F)o1. The van der Waals surface area contributed by atoms with E-state index in [1.54, 1.807) is 6.07 Å². The minimum absolute atomic E-state index is 0.00305. The van der Waals surface area contributed by atoms with Gasteiger partial charge in [-0.05, 0) is 6.07 Å². The Balaban J connectivity index is 2.29. The second-order valence-corrected chi connectivity index (χ2v) is 4.70. The summed E-state index contributed by atoms with van der Waals surface area (Å²) < 4.78 is 44.1. The standard InChI is InChI=1S/C14H15F3N2O/c1-9(2)18-8-13-19-7-12(20-13)10-5-3-4-6-11(10)14(15,16)17/h3-7,9,18H,8H2,1-2H3. The van der Waals surface area contributed by atoms with E-state index in [-0.39, 0.29) is 17.4 Å². The Kier molecular flexibility index (Phi) is 4.13. The highest BCUT2D eigenvalue weighted by Gasteiger charge is 2.34. The first-order valence-corrected chi connectivity index (χ1v) is 6.22. The minimum Gasteiger partial charge on any atom is -0.439 e. The van der Waals surface area contributed by atoms with Crippen LogP contribution in [-0.2, 0) is 12.7 Å². The molecule has 1 aromatic carbocycles. The quantitative estimate of drug-likeness (QED) is 0.926. The van der Waals surface area contributed by atoms with Crippen LogP contribution in [0.15, 0.2) is 34.9 Å². The van der Waals surface area contributed by atoms with Gasteiger partial charge in [0.1, 0.15) is 0 Å². The van der Waals surface area contributed by atoms with E-state index in [4.69, 9.17) is 4.42 Å². The van der Waals surface area contributed by atoms with E-state index in [9.17, 15) is 13.2 Å². The normalized spacial score (nSPS) is 12.1. The third-order valence-electron chi connectivity index (χ3n) is 2.71. The maximum Gasteiger partial charge on any atom is 0.417 e. The fourth-order valence-electron chi connectivity index (χ4n) is 1.75.